The lowest BCUT2D eigenvalue weighted by molar-refractivity contribution is 0.153. The van der Waals surface area contributed by atoms with Crippen molar-refractivity contribution in [2.24, 2.45) is 0 Å². The summed E-state index contributed by atoms with van der Waals surface area (Å²) in [6.07, 6.45) is 3.25. The molecule has 2 fully saturated rings. The molecule has 2 saturated heterocycles. The Balaban J connectivity index is 1.41. The van der Waals surface area contributed by atoms with Crippen LogP contribution in [0.5, 0.6) is 0 Å². The predicted octanol–water partition coefficient (Wildman–Crippen LogP) is 5.27. The number of aromatic nitrogens is 3. The van der Waals surface area contributed by atoms with Crippen molar-refractivity contribution in [3.63, 3.8) is 0 Å². The molecule has 6 rings (SSSR count). The van der Waals surface area contributed by atoms with Gasteiger partial charge in [-0.05, 0) is 55.5 Å². The molecule has 10 heteroatoms. The first-order valence-corrected chi connectivity index (χ1v) is 14.3. The van der Waals surface area contributed by atoms with Crippen LogP contribution in [0.15, 0.2) is 47.4 Å². The Morgan fingerprint density at radius 3 is 2.75 bits per heavy atom. The van der Waals surface area contributed by atoms with Gasteiger partial charge in [0, 0.05) is 34.9 Å². The van der Waals surface area contributed by atoms with Crippen LogP contribution >= 0.6 is 11.3 Å². The molecule has 0 bridgehead atoms. The van der Waals surface area contributed by atoms with Crippen LogP contribution in [0, 0.1) is 18.3 Å². The number of anilines is 1. The smallest absolute Gasteiger partial charge is 0.410 e. The summed E-state index contributed by atoms with van der Waals surface area (Å²) < 4.78 is 6.93. The zero-order valence-electron chi connectivity index (χ0n) is 22.7. The monoisotopic (exact) mass is 554 g/mol. The fraction of sp³-hybridized carbons (Fsp3) is 0.367. The molecule has 0 spiro atoms. The van der Waals surface area contributed by atoms with Gasteiger partial charge in [-0.3, -0.25) is 9.36 Å². The van der Waals surface area contributed by atoms with Crippen LogP contribution in [-0.4, -0.2) is 50.8 Å². The average Bonchev–Trinajstić information content (AvgIpc) is 3.59. The Morgan fingerprint density at radius 1 is 1.23 bits per heavy atom. The molecule has 0 aliphatic carbocycles. The molecular weight excluding hydrogens is 524 g/mol. The fourth-order valence-electron chi connectivity index (χ4n) is 5.46. The number of aryl methyl sites for hydroxylation is 1. The number of ether oxygens (including phenoxy) is 1. The molecular formula is C30H30N6O3S. The second-order valence-electron chi connectivity index (χ2n) is 10.8. The second kappa shape index (κ2) is 10.4. The molecule has 1 N–H and O–H groups in total. The summed E-state index contributed by atoms with van der Waals surface area (Å²) in [7, 11) is 0. The van der Waals surface area contributed by atoms with Crippen LogP contribution in [-0.2, 0) is 11.3 Å². The SMILES string of the molecule is Cc1nc2cc(-c3ncc(C(C)C)s3)c(N[C@H]3CCN4C(=O)OC[C@@H]4C3)cc2c(=O)n1Cc1ccc(C#N)cc1. The Labute approximate surface area is 236 Å². The number of piperidine rings is 1. The van der Waals surface area contributed by atoms with Crippen LogP contribution in [0.1, 0.15) is 54.4 Å². The maximum absolute atomic E-state index is 13.8. The van der Waals surface area contributed by atoms with E-state index in [0.717, 1.165) is 34.7 Å². The third-order valence-corrected chi connectivity index (χ3v) is 9.07. The van der Waals surface area contributed by atoms with E-state index in [1.54, 1.807) is 28.0 Å². The van der Waals surface area contributed by atoms with Crippen molar-refractivity contribution in [1.82, 2.24) is 19.4 Å². The number of nitriles is 1. The first kappa shape index (κ1) is 26.0. The van der Waals surface area contributed by atoms with Crippen molar-refractivity contribution < 1.29 is 9.53 Å². The Hall–Kier alpha value is -4.23. The molecule has 204 valence electrons. The number of fused-ring (bicyclic) bond motifs is 2. The van der Waals surface area contributed by atoms with Crippen LogP contribution in [0.4, 0.5) is 10.5 Å². The van der Waals surface area contributed by atoms with E-state index in [9.17, 15) is 9.59 Å². The van der Waals surface area contributed by atoms with Crippen LogP contribution in [0.2, 0.25) is 0 Å². The van der Waals surface area contributed by atoms with Gasteiger partial charge in [-0.15, -0.1) is 11.3 Å². The van der Waals surface area contributed by atoms with Crippen molar-refractivity contribution >= 4 is 34.0 Å². The molecule has 0 unspecified atom stereocenters. The van der Waals surface area contributed by atoms with E-state index in [1.807, 2.05) is 42.3 Å². The van der Waals surface area contributed by atoms with E-state index in [4.69, 9.17) is 20.0 Å². The van der Waals surface area contributed by atoms with Gasteiger partial charge in [0.25, 0.3) is 5.56 Å². The van der Waals surface area contributed by atoms with E-state index in [-0.39, 0.29) is 23.7 Å². The topological polar surface area (TPSA) is 113 Å². The summed E-state index contributed by atoms with van der Waals surface area (Å²) in [6, 6.07) is 13.4. The molecule has 9 nitrogen and oxygen atoms in total. The zero-order chi connectivity index (χ0) is 28.0. The summed E-state index contributed by atoms with van der Waals surface area (Å²) >= 11 is 1.65. The lowest BCUT2D eigenvalue weighted by Gasteiger charge is -2.33. The molecule has 40 heavy (non-hydrogen) atoms. The Bertz CT molecular complexity index is 1700. The second-order valence-corrected chi connectivity index (χ2v) is 11.8. The van der Waals surface area contributed by atoms with Crippen molar-refractivity contribution in [2.45, 2.75) is 58.2 Å². The van der Waals surface area contributed by atoms with E-state index in [0.29, 0.717) is 47.9 Å². The Kier molecular flexibility index (Phi) is 6.76. The standard InChI is InChI=1S/C30H30N6O3S/c1-17(2)27-14-32-28(40-27)23-11-26-24(12-25(23)34-21-8-9-35-22(10-21)16-39-30(35)38)29(37)36(18(3)33-26)15-20-6-4-19(13-31)5-7-20/h4-7,11-12,14,17,21-22,34H,8-10,15-16H2,1-3H3/t21-,22-/m0/s1. The number of rotatable bonds is 6. The lowest BCUT2D eigenvalue weighted by Crippen LogP contribution is -2.45. The van der Waals surface area contributed by atoms with E-state index in [2.05, 4.69) is 25.2 Å². The molecule has 0 saturated carbocycles. The lowest BCUT2D eigenvalue weighted by atomic mass is 9.97. The van der Waals surface area contributed by atoms with Gasteiger partial charge in [0.15, 0.2) is 0 Å². The number of thiazole rings is 1. The van der Waals surface area contributed by atoms with Gasteiger partial charge in [0.05, 0.1) is 35.1 Å². The largest absolute Gasteiger partial charge is 0.447 e. The minimum absolute atomic E-state index is 0.0593. The summed E-state index contributed by atoms with van der Waals surface area (Å²) in [5.74, 6) is 0.982. The van der Waals surface area contributed by atoms with Crippen molar-refractivity contribution in [3.8, 4) is 16.6 Å². The van der Waals surface area contributed by atoms with Gasteiger partial charge in [-0.25, -0.2) is 14.8 Å². The molecule has 2 aromatic heterocycles. The highest BCUT2D eigenvalue weighted by Crippen LogP contribution is 2.37. The number of carbonyl (C=O) groups is 1. The number of carbonyl (C=O) groups excluding carboxylic acids is 1. The minimum Gasteiger partial charge on any atom is -0.447 e. The first-order chi connectivity index (χ1) is 19.3. The van der Waals surface area contributed by atoms with E-state index >= 15 is 0 Å². The molecule has 2 atom stereocenters. The average molecular weight is 555 g/mol. The molecule has 2 aromatic carbocycles. The number of benzene rings is 2. The summed E-state index contributed by atoms with van der Waals surface area (Å²) in [6.45, 7) is 7.55. The van der Waals surface area contributed by atoms with Crippen LogP contribution in [0.25, 0.3) is 21.5 Å². The highest BCUT2D eigenvalue weighted by Gasteiger charge is 2.38. The normalized spacial score (nSPS) is 18.6. The molecule has 2 aliphatic heterocycles. The van der Waals surface area contributed by atoms with E-state index < -0.39 is 0 Å². The Morgan fingerprint density at radius 2 is 2.02 bits per heavy atom. The van der Waals surface area contributed by atoms with Crippen LogP contribution in [0.3, 0.4) is 0 Å². The molecule has 4 aromatic rings. The quantitative estimate of drug-likeness (QED) is 0.346. The minimum atomic E-state index is -0.233. The van der Waals surface area contributed by atoms with Crippen molar-refractivity contribution in [1.29, 1.82) is 5.26 Å². The number of amides is 1. The number of hydrogen-bond donors (Lipinski definition) is 1. The fourth-order valence-corrected chi connectivity index (χ4v) is 6.41. The first-order valence-electron chi connectivity index (χ1n) is 13.5. The summed E-state index contributed by atoms with van der Waals surface area (Å²) in [5.41, 5.74) is 3.77. The highest BCUT2D eigenvalue weighted by atomic mass is 32.1. The molecule has 4 heterocycles. The van der Waals surface area contributed by atoms with Gasteiger partial charge >= 0.3 is 6.09 Å². The third-order valence-electron chi connectivity index (χ3n) is 7.74. The number of nitrogens with one attached hydrogen (secondary N) is 1. The summed E-state index contributed by atoms with van der Waals surface area (Å²) in [5, 5.41) is 14.2. The van der Waals surface area contributed by atoms with Gasteiger partial charge in [0.2, 0.25) is 0 Å². The number of hydrogen-bond acceptors (Lipinski definition) is 8. The zero-order valence-corrected chi connectivity index (χ0v) is 23.5. The van der Waals surface area contributed by atoms with Crippen molar-refractivity contribution in [2.75, 3.05) is 18.5 Å². The van der Waals surface area contributed by atoms with Gasteiger partial charge < -0.3 is 15.0 Å². The number of nitrogens with zero attached hydrogens (tertiary/aromatic N) is 5. The van der Waals surface area contributed by atoms with Crippen molar-refractivity contribution in [3.05, 3.63) is 74.8 Å². The maximum atomic E-state index is 13.8. The highest BCUT2D eigenvalue weighted by molar-refractivity contribution is 7.15. The molecule has 2 aliphatic rings. The maximum Gasteiger partial charge on any atom is 0.410 e. The molecule has 0 radical (unpaired) electrons. The predicted molar refractivity (Wildman–Crippen MR) is 155 cm³/mol. The third kappa shape index (κ3) is 4.82. The van der Waals surface area contributed by atoms with Crippen LogP contribution < -0.4 is 10.9 Å². The summed E-state index contributed by atoms with van der Waals surface area (Å²) in [4.78, 5) is 38.4. The van der Waals surface area contributed by atoms with Gasteiger partial charge in [0.1, 0.15) is 17.4 Å². The van der Waals surface area contributed by atoms with Gasteiger partial charge in [-0.1, -0.05) is 26.0 Å². The molecule has 1 amide bonds. The number of cyclic esters (lactones) is 1. The van der Waals surface area contributed by atoms with E-state index in [1.165, 1.54) is 4.88 Å². The van der Waals surface area contributed by atoms with Gasteiger partial charge in [-0.2, -0.15) is 5.26 Å².